The second-order valence-electron chi connectivity index (χ2n) is 4.83. The molecule has 2 N–H and O–H groups in total. The smallest absolute Gasteiger partial charge is 0.239 e. The van der Waals surface area contributed by atoms with E-state index < -0.39 is 0 Å². The fourth-order valence-electron chi connectivity index (χ4n) is 2.39. The number of hydrogen-bond acceptors (Lipinski definition) is 4. The van der Waals surface area contributed by atoms with Gasteiger partial charge in [-0.1, -0.05) is 0 Å². The normalized spacial score (nSPS) is 27.1. The van der Waals surface area contributed by atoms with Crippen LogP contribution < -0.4 is 10.6 Å². The summed E-state index contributed by atoms with van der Waals surface area (Å²) >= 11 is 0. The first kappa shape index (κ1) is 15.7. The van der Waals surface area contributed by atoms with Crippen molar-refractivity contribution in [3.63, 3.8) is 0 Å². The molecule has 106 valence electrons. The minimum Gasteiger partial charge on any atom is -0.381 e. The molecule has 0 aromatic heterocycles. The van der Waals surface area contributed by atoms with E-state index in [2.05, 4.69) is 17.6 Å². The van der Waals surface area contributed by atoms with Crippen LogP contribution in [-0.4, -0.2) is 51.0 Å². The van der Waals surface area contributed by atoms with Crippen molar-refractivity contribution >= 4 is 18.3 Å². The summed E-state index contributed by atoms with van der Waals surface area (Å²) in [7, 11) is 0. The zero-order chi connectivity index (χ0) is 12.1. The van der Waals surface area contributed by atoms with Gasteiger partial charge in [-0.15, -0.1) is 12.4 Å². The molecule has 6 heteroatoms. The van der Waals surface area contributed by atoms with Crippen LogP contribution in [0.15, 0.2) is 0 Å². The Balaban J connectivity index is 0.00000162. The quantitative estimate of drug-likeness (QED) is 0.781. The number of carbonyl (C=O) groups is 1. The van der Waals surface area contributed by atoms with Crippen LogP contribution in [0.2, 0.25) is 0 Å². The monoisotopic (exact) mass is 278 g/mol. The first-order valence-corrected chi connectivity index (χ1v) is 6.46. The number of rotatable bonds is 3. The molecule has 0 aromatic rings. The molecule has 0 bridgehead atoms. The predicted molar refractivity (Wildman–Crippen MR) is 71.0 cm³/mol. The molecule has 2 fully saturated rings. The van der Waals surface area contributed by atoms with E-state index in [4.69, 9.17) is 9.47 Å². The first-order chi connectivity index (χ1) is 8.27. The van der Waals surface area contributed by atoms with Crippen molar-refractivity contribution in [2.75, 3.05) is 33.0 Å². The van der Waals surface area contributed by atoms with Crippen LogP contribution in [0, 0.1) is 5.92 Å². The Morgan fingerprint density at radius 2 is 2.00 bits per heavy atom. The molecule has 0 aromatic carbocycles. The van der Waals surface area contributed by atoms with E-state index in [9.17, 15) is 4.79 Å². The molecule has 0 aliphatic carbocycles. The van der Waals surface area contributed by atoms with Gasteiger partial charge < -0.3 is 20.1 Å². The average molecular weight is 279 g/mol. The van der Waals surface area contributed by atoms with Crippen molar-refractivity contribution in [2.24, 2.45) is 5.92 Å². The first-order valence-electron chi connectivity index (χ1n) is 6.46. The number of hydrogen-bond donors (Lipinski definition) is 2. The third-order valence-electron chi connectivity index (χ3n) is 3.58. The molecule has 1 amide bonds. The fourth-order valence-corrected chi connectivity index (χ4v) is 2.39. The Bertz CT molecular complexity index is 254. The van der Waals surface area contributed by atoms with E-state index >= 15 is 0 Å². The standard InChI is InChI=1S/C12H22N2O3.ClH/c1-9(10-2-5-16-6-3-10)14-12(15)11-8-17-7-4-13-11;/h9-11,13H,2-8H2,1H3,(H,14,15);1H. The molecule has 0 saturated carbocycles. The Morgan fingerprint density at radius 1 is 1.28 bits per heavy atom. The highest BCUT2D eigenvalue weighted by Gasteiger charge is 2.26. The lowest BCUT2D eigenvalue weighted by atomic mass is 9.93. The van der Waals surface area contributed by atoms with Gasteiger partial charge in [-0.3, -0.25) is 4.79 Å². The maximum atomic E-state index is 12.0. The minimum atomic E-state index is -0.189. The van der Waals surface area contributed by atoms with Crippen molar-refractivity contribution in [1.82, 2.24) is 10.6 Å². The van der Waals surface area contributed by atoms with Crippen LogP contribution in [0.25, 0.3) is 0 Å². The van der Waals surface area contributed by atoms with Gasteiger partial charge in [-0.25, -0.2) is 0 Å². The molecule has 2 aliphatic rings. The molecule has 2 saturated heterocycles. The van der Waals surface area contributed by atoms with Crippen LogP contribution >= 0.6 is 12.4 Å². The Labute approximate surface area is 114 Å². The number of carbonyl (C=O) groups excluding carboxylic acids is 1. The van der Waals surface area contributed by atoms with Crippen LogP contribution in [0.4, 0.5) is 0 Å². The van der Waals surface area contributed by atoms with Crippen LogP contribution in [0.3, 0.4) is 0 Å². The van der Waals surface area contributed by atoms with E-state index in [0.717, 1.165) is 32.6 Å². The zero-order valence-corrected chi connectivity index (χ0v) is 11.6. The number of nitrogens with one attached hydrogen (secondary N) is 2. The number of amides is 1. The van der Waals surface area contributed by atoms with Crippen molar-refractivity contribution in [3.05, 3.63) is 0 Å². The summed E-state index contributed by atoms with van der Waals surface area (Å²) in [6.07, 6.45) is 2.08. The van der Waals surface area contributed by atoms with Gasteiger partial charge in [-0.2, -0.15) is 0 Å². The molecule has 2 heterocycles. The van der Waals surface area contributed by atoms with Gasteiger partial charge in [-0.05, 0) is 25.7 Å². The molecule has 18 heavy (non-hydrogen) atoms. The highest BCUT2D eigenvalue weighted by Crippen LogP contribution is 2.18. The van der Waals surface area contributed by atoms with E-state index in [1.807, 2.05) is 0 Å². The summed E-state index contributed by atoms with van der Waals surface area (Å²) in [4.78, 5) is 12.0. The lowest BCUT2D eigenvalue weighted by molar-refractivity contribution is -0.127. The van der Waals surface area contributed by atoms with Crippen LogP contribution in [0.1, 0.15) is 19.8 Å². The van der Waals surface area contributed by atoms with Gasteiger partial charge >= 0.3 is 0 Å². The molecule has 2 aliphatic heterocycles. The molecule has 2 unspecified atom stereocenters. The Hall–Kier alpha value is -0.360. The van der Waals surface area contributed by atoms with Crippen molar-refractivity contribution < 1.29 is 14.3 Å². The lowest BCUT2D eigenvalue weighted by Gasteiger charge is -2.30. The third kappa shape index (κ3) is 4.39. The van der Waals surface area contributed by atoms with E-state index in [0.29, 0.717) is 19.1 Å². The molecule has 5 nitrogen and oxygen atoms in total. The molecule has 2 rings (SSSR count). The van der Waals surface area contributed by atoms with Crippen molar-refractivity contribution in [1.29, 1.82) is 0 Å². The Morgan fingerprint density at radius 3 is 2.61 bits per heavy atom. The highest BCUT2D eigenvalue weighted by molar-refractivity contribution is 5.85. The van der Waals surface area contributed by atoms with Gasteiger partial charge in [0.25, 0.3) is 0 Å². The van der Waals surface area contributed by atoms with E-state index in [1.54, 1.807) is 0 Å². The number of halogens is 1. The van der Waals surface area contributed by atoms with E-state index in [-0.39, 0.29) is 30.4 Å². The fraction of sp³-hybridized carbons (Fsp3) is 0.917. The van der Waals surface area contributed by atoms with Gasteiger partial charge in [0.2, 0.25) is 5.91 Å². The zero-order valence-electron chi connectivity index (χ0n) is 10.8. The molecular formula is C12H23ClN2O3. The predicted octanol–water partition coefficient (Wildman–Crippen LogP) is 0.328. The summed E-state index contributed by atoms with van der Waals surface area (Å²) < 4.78 is 10.6. The van der Waals surface area contributed by atoms with Gasteiger partial charge in [0.15, 0.2) is 0 Å². The van der Waals surface area contributed by atoms with Crippen LogP contribution in [0.5, 0.6) is 0 Å². The topological polar surface area (TPSA) is 59.6 Å². The second kappa shape index (κ2) is 7.94. The Kier molecular flexibility index (Phi) is 6.92. The molecular weight excluding hydrogens is 256 g/mol. The van der Waals surface area contributed by atoms with Gasteiger partial charge in [0, 0.05) is 25.8 Å². The number of morpholine rings is 1. The van der Waals surface area contributed by atoms with Crippen molar-refractivity contribution in [2.45, 2.75) is 31.8 Å². The summed E-state index contributed by atoms with van der Waals surface area (Å²) in [6.45, 7) is 5.64. The van der Waals surface area contributed by atoms with Crippen molar-refractivity contribution in [3.8, 4) is 0 Å². The molecule has 0 spiro atoms. The SMILES string of the molecule is CC(NC(=O)C1COCCN1)C1CCOCC1.Cl. The second-order valence-corrected chi connectivity index (χ2v) is 4.83. The maximum absolute atomic E-state index is 12.0. The largest absolute Gasteiger partial charge is 0.381 e. The summed E-state index contributed by atoms with van der Waals surface area (Å²) in [5.74, 6) is 0.598. The summed E-state index contributed by atoms with van der Waals surface area (Å²) in [5.41, 5.74) is 0. The highest BCUT2D eigenvalue weighted by atomic mass is 35.5. The third-order valence-corrected chi connectivity index (χ3v) is 3.58. The minimum absolute atomic E-state index is 0. The maximum Gasteiger partial charge on any atom is 0.239 e. The molecule has 2 atom stereocenters. The average Bonchev–Trinajstić information content (AvgIpc) is 2.40. The van der Waals surface area contributed by atoms with Gasteiger partial charge in [0.05, 0.1) is 13.2 Å². The lowest BCUT2D eigenvalue weighted by Crippen LogP contribution is -2.54. The van der Waals surface area contributed by atoms with Crippen LogP contribution in [-0.2, 0) is 14.3 Å². The summed E-state index contributed by atoms with van der Waals surface area (Å²) in [6, 6.07) is 0.0289. The number of ether oxygens (including phenoxy) is 2. The molecule has 0 radical (unpaired) electrons. The summed E-state index contributed by atoms with van der Waals surface area (Å²) in [5, 5.41) is 6.25. The van der Waals surface area contributed by atoms with Gasteiger partial charge in [0.1, 0.15) is 6.04 Å². The van der Waals surface area contributed by atoms with E-state index in [1.165, 1.54) is 0 Å².